The highest BCUT2D eigenvalue weighted by Gasteiger charge is 2.25. The van der Waals surface area contributed by atoms with Crippen LogP contribution in [0.5, 0.6) is 0 Å². The first-order valence-electron chi connectivity index (χ1n) is 9.19. The van der Waals surface area contributed by atoms with Crippen molar-refractivity contribution in [2.75, 3.05) is 0 Å². The lowest BCUT2D eigenvalue weighted by Gasteiger charge is -2.22. The fourth-order valence-electron chi connectivity index (χ4n) is 4.69. The van der Waals surface area contributed by atoms with Gasteiger partial charge in [-0.05, 0) is 68.2 Å². The number of benzene rings is 1. The third kappa shape index (κ3) is 2.37. The smallest absolute Gasteiger partial charge is 0.103 e. The summed E-state index contributed by atoms with van der Waals surface area (Å²) in [4.78, 5) is 0. The summed E-state index contributed by atoms with van der Waals surface area (Å²) < 4.78 is 2.34. The Balaban J connectivity index is 1.88. The molecule has 0 bridgehead atoms. The van der Waals surface area contributed by atoms with Crippen LogP contribution in [0.25, 0.3) is 10.9 Å². The van der Waals surface area contributed by atoms with E-state index in [-0.39, 0.29) is 0 Å². The largest absolute Gasteiger partial charge is 0.411 e. The quantitative estimate of drug-likeness (QED) is 0.599. The maximum absolute atomic E-state index is 9.42. The van der Waals surface area contributed by atoms with Crippen LogP contribution in [-0.4, -0.2) is 15.5 Å². The Bertz CT molecular complexity index is 751. The third-order valence-corrected chi connectivity index (χ3v) is 5.82. The second kappa shape index (κ2) is 6.03. The first-order valence-corrected chi connectivity index (χ1v) is 9.19. The van der Waals surface area contributed by atoms with E-state index in [1.165, 1.54) is 59.8 Å². The lowest BCUT2D eigenvalue weighted by molar-refractivity contribution is 0.317. The van der Waals surface area contributed by atoms with Crippen molar-refractivity contribution in [2.24, 2.45) is 5.16 Å². The number of fused-ring (bicyclic) bond motifs is 3. The van der Waals surface area contributed by atoms with Gasteiger partial charge in [-0.3, -0.25) is 0 Å². The molecule has 1 N–H and O–H groups in total. The molecule has 3 nitrogen and oxygen atoms in total. The Hall–Kier alpha value is -1.77. The molecule has 1 aromatic heterocycles. The fraction of sp³-hybridized carbons (Fsp3) is 0.550. The van der Waals surface area contributed by atoms with Crippen LogP contribution in [0, 0.1) is 0 Å². The number of hydrogen-bond acceptors (Lipinski definition) is 2. The number of rotatable bonds is 2. The van der Waals surface area contributed by atoms with E-state index in [1.54, 1.807) is 0 Å². The van der Waals surface area contributed by atoms with Gasteiger partial charge >= 0.3 is 0 Å². The summed E-state index contributed by atoms with van der Waals surface area (Å²) in [5, 5.41) is 14.4. The first kappa shape index (κ1) is 14.8. The molecule has 0 spiro atoms. The van der Waals surface area contributed by atoms with Gasteiger partial charge in [0.25, 0.3) is 0 Å². The summed E-state index contributed by atoms with van der Waals surface area (Å²) >= 11 is 0. The molecule has 0 unspecified atom stereocenters. The standard InChI is InChI=1S/C20H26N2O/c1-2-22-19-12-11-15(14-7-4-3-5-8-14)13-17(19)16-9-6-10-18(21-23)20(16)22/h11-14,23H,2-10H2,1H3/b21-18+. The summed E-state index contributed by atoms with van der Waals surface area (Å²) in [5.41, 5.74) is 6.26. The van der Waals surface area contributed by atoms with Gasteiger partial charge in [-0.1, -0.05) is 30.5 Å². The lowest BCUT2D eigenvalue weighted by atomic mass is 9.83. The SMILES string of the molecule is CCn1c2c(c3cc(C4CCCCC4)ccc31)CCC/C2=N\O. The molecular formula is C20H26N2O. The van der Waals surface area contributed by atoms with E-state index >= 15 is 0 Å². The molecule has 1 aromatic carbocycles. The summed E-state index contributed by atoms with van der Waals surface area (Å²) in [7, 11) is 0. The predicted molar refractivity (Wildman–Crippen MR) is 94.7 cm³/mol. The zero-order valence-electron chi connectivity index (χ0n) is 14.0. The Kier molecular flexibility index (Phi) is 3.88. The number of hydrogen-bond donors (Lipinski definition) is 1. The van der Waals surface area contributed by atoms with Crippen LogP contribution in [0.2, 0.25) is 0 Å². The van der Waals surface area contributed by atoms with Crippen LogP contribution in [0.4, 0.5) is 0 Å². The summed E-state index contributed by atoms with van der Waals surface area (Å²) in [6.45, 7) is 3.10. The zero-order valence-corrected chi connectivity index (χ0v) is 14.0. The van der Waals surface area contributed by atoms with Gasteiger partial charge in [0.2, 0.25) is 0 Å². The van der Waals surface area contributed by atoms with Crippen LogP contribution in [0.1, 0.15) is 74.6 Å². The van der Waals surface area contributed by atoms with Crippen molar-refractivity contribution < 1.29 is 5.21 Å². The summed E-state index contributed by atoms with van der Waals surface area (Å²) in [6, 6.07) is 7.08. The third-order valence-electron chi connectivity index (χ3n) is 5.82. The first-order chi connectivity index (χ1) is 11.3. The molecule has 2 aromatic rings. The van der Waals surface area contributed by atoms with E-state index in [4.69, 9.17) is 0 Å². The summed E-state index contributed by atoms with van der Waals surface area (Å²) in [6.07, 6.45) is 9.90. The maximum atomic E-state index is 9.42. The number of aromatic nitrogens is 1. The molecule has 0 aliphatic heterocycles. The minimum atomic E-state index is 0.739. The molecule has 0 radical (unpaired) electrons. The fourth-order valence-corrected chi connectivity index (χ4v) is 4.69. The Morgan fingerprint density at radius 1 is 1.13 bits per heavy atom. The van der Waals surface area contributed by atoms with Crippen molar-refractivity contribution in [3.8, 4) is 0 Å². The topological polar surface area (TPSA) is 37.5 Å². The van der Waals surface area contributed by atoms with Crippen molar-refractivity contribution >= 4 is 16.6 Å². The van der Waals surface area contributed by atoms with Gasteiger partial charge in [0.15, 0.2) is 0 Å². The predicted octanol–water partition coefficient (Wildman–Crippen LogP) is 5.22. The number of nitrogens with zero attached hydrogens (tertiary/aromatic N) is 2. The lowest BCUT2D eigenvalue weighted by Crippen LogP contribution is -2.15. The van der Waals surface area contributed by atoms with Gasteiger partial charge in [0.1, 0.15) is 5.71 Å². The minimum Gasteiger partial charge on any atom is -0.411 e. The van der Waals surface area contributed by atoms with Gasteiger partial charge in [-0.2, -0.15) is 0 Å². The van der Waals surface area contributed by atoms with Gasteiger partial charge in [0, 0.05) is 17.4 Å². The molecule has 1 fully saturated rings. The van der Waals surface area contributed by atoms with Crippen LogP contribution in [0.3, 0.4) is 0 Å². The molecular weight excluding hydrogens is 284 g/mol. The minimum absolute atomic E-state index is 0.739. The van der Waals surface area contributed by atoms with Crippen molar-refractivity contribution in [3.05, 3.63) is 35.0 Å². The summed E-state index contributed by atoms with van der Waals surface area (Å²) in [5.74, 6) is 0.739. The van der Waals surface area contributed by atoms with Crippen molar-refractivity contribution in [1.29, 1.82) is 0 Å². The van der Waals surface area contributed by atoms with Gasteiger partial charge in [-0.25, -0.2) is 0 Å². The molecule has 23 heavy (non-hydrogen) atoms. The number of oxime groups is 1. The van der Waals surface area contributed by atoms with Crippen LogP contribution in [0.15, 0.2) is 23.4 Å². The maximum Gasteiger partial charge on any atom is 0.103 e. The molecule has 4 rings (SSSR count). The molecule has 0 saturated heterocycles. The molecule has 2 aliphatic carbocycles. The normalized spacial score (nSPS) is 21.0. The highest BCUT2D eigenvalue weighted by Crippen LogP contribution is 2.37. The second-order valence-electron chi connectivity index (χ2n) is 7.08. The Morgan fingerprint density at radius 3 is 2.70 bits per heavy atom. The Morgan fingerprint density at radius 2 is 1.96 bits per heavy atom. The van der Waals surface area contributed by atoms with Crippen molar-refractivity contribution in [1.82, 2.24) is 4.57 Å². The molecule has 0 atom stereocenters. The van der Waals surface area contributed by atoms with E-state index in [9.17, 15) is 5.21 Å². The second-order valence-corrected chi connectivity index (χ2v) is 7.08. The molecule has 122 valence electrons. The molecule has 2 aliphatic rings. The van der Waals surface area contributed by atoms with E-state index in [1.807, 2.05) is 0 Å². The van der Waals surface area contributed by atoms with Crippen LogP contribution >= 0.6 is 0 Å². The van der Waals surface area contributed by atoms with E-state index in [0.717, 1.165) is 37.4 Å². The van der Waals surface area contributed by atoms with Crippen molar-refractivity contribution in [2.45, 2.75) is 70.8 Å². The molecule has 1 saturated carbocycles. The van der Waals surface area contributed by atoms with Gasteiger partial charge in [-0.15, -0.1) is 0 Å². The van der Waals surface area contributed by atoms with Gasteiger partial charge in [0.05, 0.1) is 5.69 Å². The molecule has 0 amide bonds. The van der Waals surface area contributed by atoms with Crippen molar-refractivity contribution in [3.63, 3.8) is 0 Å². The van der Waals surface area contributed by atoms with Crippen LogP contribution < -0.4 is 0 Å². The van der Waals surface area contributed by atoms with E-state index in [2.05, 4.69) is 34.8 Å². The zero-order chi connectivity index (χ0) is 15.8. The van der Waals surface area contributed by atoms with Crippen LogP contribution in [-0.2, 0) is 13.0 Å². The average molecular weight is 310 g/mol. The van der Waals surface area contributed by atoms with E-state index < -0.39 is 0 Å². The highest BCUT2D eigenvalue weighted by molar-refractivity contribution is 6.06. The monoisotopic (exact) mass is 310 g/mol. The average Bonchev–Trinajstić information content (AvgIpc) is 2.95. The van der Waals surface area contributed by atoms with E-state index in [0.29, 0.717) is 0 Å². The number of aryl methyl sites for hydroxylation is 2. The van der Waals surface area contributed by atoms with Gasteiger partial charge < -0.3 is 9.77 Å². The molecule has 1 heterocycles. The molecule has 3 heteroatoms. The highest BCUT2D eigenvalue weighted by atomic mass is 16.4. The Labute approximate surface area is 138 Å².